The summed E-state index contributed by atoms with van der Waals surface area (Å²) in [5.74, 6) is 0. The van der Waals surface area contributed by atoms with Gasteiger partial charge in [-0.1, -0.05) is 53.6 Å². The van der Waals surface area contributed by atoms with Crippen molar-refractivity contribution in [3.05, 3.63) is 58.6 Å². The van der Waals surface area contributed by atoms with Gasteiger partial charge in [0, 0.05) is 10.6 Å². The van der Waals surface area contributed by atoms with E-state index in [4.69, 9.17) is 17.3 Å². The van der Waals surface area contributed by atoms with Crippen LogP contribution in [0.3, 0.4) is 0 Å². The van der Waals surface area contributed by atoms with Crippen molar-refractivity contribution in [2.45, 2.75) is 13.3 Å². The van der Waals surface area contributed by atoms with Gasteiger partial charge >= 0.3 is 0 Å². The third-order valence-electron chi connectivity index (χ3n) is 2.84. The largest absolute Gasteiger partial charge is 0.330 e. The standard InChI is InChI=1S/C15H16ClN.ClH/c1-11-6-7-12(8-9-17)14(10-11)13-4-2-3-5-15(13)16;/h2-7,10H,8-9,17H2,1H3;1H. The molecular formula is C15H17Cl2N. The van der Waals surface area contributed by atoms with Crippen LogP contribution in [-0.4, -0.2) is 6.54 Å². The summed E-state index contributed by atoms with van der Waals surface area (Å²) in [7, 11) is 0. The molecule has 96 valence electrons. The topological polar surface area (TPSA) is 26.0 Å². The van der Waals surface area contributed by atoms with E-state index in [0.29, 0.717) is 6.54 Å². The fourth-order valence-corrected chi connectivity index (χ4v) is 2.23. The van der Waals surface area contributed by atoms with Crippen LogP contribution in [0.4, 0.5) is 0 Å². The molecule has 0 spiro atoms. The summed E-state index contributed by atoms with van der Waals surface area (Å²) in [6.07, 6.45) is 0.876. The van der Waals surface area contributed by atoms with Gasteiger partial charge in [0.2, 0.25) is 0 Å². The maximum atomic E-state index is 6.25. The first-order chi connectivity index (χ1) is 8.22. The van der Waals surface area contributed by atoms with Crippen LogP contribution in [0.1, 0.15) is 11.1 Å². The first-order valence-corrected chi connectivity index (χ1v) is 6.14. The quantitative estimate of drug-likeness (QED) is 0.895. The molecule has 0 saturated heterocycles. The normalized spacial score (nSPS) is 9.94. The zero-order valence-electron chi connectivity index (χ0n) is 10.3. The molecule has 0 atom stereocenters. The zero-order chi connectivity index (χ0) is 12.3. The lowest BCUT2D eigenvalue weighted by molar-refractivity contribution is 0.970. The Morgan fingerprint density at radius 1 is 1.06 bits per heavy atom. The number of hydrogen-bond donors (Lipinski definition) is 1. The van der Waals surface area contributed by atoms with Crippen LogP contribution in [0.25, 0.3) is 11.1 Å². The lowest BCUT2D eigenvalue weighted by atomic mass is 9.96. The van der Waals surface area contributed by atoms with Crippen LogP contribution in [0.15, 0.2) is 42.5 Å². The van der Waals surface area contributed by atoms with Gasteiger partial charge < -0.3 is 5.73 Å². The predicted molar refractivity (Wildman–Crippen MR) is 81.6 cm³/mol. The smallest absolute Gasteiger partial charge is 0.0484 e. The van der Waals surface area contributed by atoms with Crippen molar-refractivity contribution in [1.29, 1.82) is 0 Å². The molecule has 2 aromatic carbocycles. The van der Waals surface area contributed by atoms with E-state index in [0.717, 1.165) is 17.0 Å². The molecule has 2 aromatic rings. The Labute approximate surface area is 119 Å². The molecule has 0 aliphatic carbocycles. The highest BCUT2D eigenvalue weighted by Gasteiger charge is 2.07. The number of nitrogens with two attached hydrogens (primary N) is 1. The molecule has 1 nitrogen and oxygen atoms in total. The molecule has 0 aromatic heterocycles. The van der Waals surface area contributed by atoms with Gasteiger partial charge in [0.1, 0.15) is 0 Å². The minimum atomic E-state index is 0. The minimum Gasteiger partial charge on any atom is -0.330 e. The Kier molecular flexibility index (Phi) is 5.67. The van der Waals surface area contributed by atoms with Crippen LogP contribution < -0.4 is 5.73 Å². The molecule has 0 unspecified atom stereocenters. The van der Waals surface area contributed by atoms with Gasteiger partial charge in [-0.3, -0.25) is 0 Å². The van der Waals surface area contributed by atoms with Crippen molar-refractivity contribution in [2.24, 2.45) is 5.73 Å². The Morgan fingerprint density at radius 3 is 2.44 bits per heavy atom. The molecule has 0 aliphatic heterocycles. The summed E-state index contributed by atoms with van der Waals surface area (Å²) in [6.45, 7) is 2.74. The number of aryl methyl sites for hydroxylation is 1. The second kappa shape index (κ2) is 6.79. The Morgan fingerprint density at radius 2 is 1.78 bits per heavy atom. The van der Waals surface area contributed by atoms with Crippen molar-refractivity contribution < 1.29 is 0 Å². The first-order valence-electron chi connectivity index (χ1n) is 5.77. The third kappa shape index (κ3) is 3.26. The maximum Gasteiger partial charge on any atom is 0.0484 e. The summed E-state index contributed by atoms with van der Waals surface area (Å²) >= 11 is 6.25. The average Bonchev–Trinajstić information content (AvgIpc) is 2.32. The Hall–Kier alpha value is -1.02. The second-order valence-electron chi connectivity index (χ2n) is 4.18. The van der Waals surface area contributed by atoms with E-state index in [1.54, 1.807) is 0 Å². The molecule has 0 saturated carbocycles. The van der Waals surface area contributed by atoms with Crippen molar-refractivity contribution in [3.8, 4) is 11.1 Å². The van der Waals surface area contributed by atoms with E-state index in [1.165, 1.54) is 16.7 Å². The zero-order valence-corrected chi connectivity index (χ0v) is 11.9. The lowest BCUT2D eigenvalue weighted by Gasteiger charge is -2.11. The number of hydrogen-bond acceptors (Lipinski definition) is 1. The van der Waals surface area contributed by atoms with E-state index in [-0.39, 0.29) is 12.4 Å². The lowest BCUT2D eigenvalue weighted by Crippen LogP contribution is -2.04. The Balaban J connectivity index is 0.00000162. The van der Waals surface area contributed by atoms with Gasteiger partial charge in [-0.15, -0.1) is 12.4 Å². The molecule has 0 heterocycles. The molecule has 0 bridgehead atoms. The minimum absolute atomic E-state index is 0. The summed E-state index contributed by atoms with van der Waals surface area (Å²) < 4.78 is 0. The predicted octanol–water partition coefficient (Wildman–Crippen LogP) is 4.24. The van der Waals surface area contributed by atoms with Gasteiger partial charge in [-0.25, -0.2) is 0 Å². The molecule has 0 fully saturated rings. The van der Waals surface area contributed by atoms with Gasteiger partial charge in [0.05, 0.1) is 0 Å². The summed E-state index contributed by atoms with van der Waals surface area (Å²) in [4.78, 5) is 0. The highest BCUT2D eigenvalue weighted by atomic mass is 35.5. The highest BCUT2D eigenvalue weighted by Crippen LogP contribution is 2.31. The molecular weight excluding hydrogens is 265 g/mol. The van der Waals surface area contributed by atoms with Crippen LogP contribution in [0, 0.1) is 6.92 Å². The van der Waals surface area contributed by atoms with E-state index in [9.17, 15) is 0 Å². The molecule has 0 radical (unpaired) electrons. The Bertz CT molecular complexity index is 524. The molecule has 0 aliphatic rings. The van der Waals surface area contributed by atoms with Crippen LogP contribution in [-0.2, 0) is 6.42 Å². The molecule has 2 rings (SSSR count). The van der Waals surface area contributed by atoms with Crippen LogP contribution >= 0.6 is 24.0 Å². The average molecular weight is 282 g/mol. The van der Waals surface area contributed by atoms with Crippen molar-refractivity contribution >= 4 is 24.0 Å². The monoisotopic (exact) mass is 281 g/mol. The second-order valence-corrected chi connectivity index (χ2v) is 4.59. The fourth-order valence-electron chi connectivity index (χ4n) is 1.99. The maximum absolute atomic E-state index is 6.25. The van der Waals surface area contributed by atoms with E-state index in [2.05, 4.69) is 31.2 Å². The van der Waals surface area contributed by atoms with Gasteiger partial charge in [-0.05, 0) is 37.1 Å². The molecule has 18 heavy (non-hydrogen) atoms. The van der Waals surface area contributed by atoms with E-state index < -0.39 is 0 Å². The highest BCUT2D eigenvalue weighted by molar-refractivity contribution is 6.33. The van der Waals surface area contributed by atoms with Crippen molar-refractivity contribution in [1.82, 2.24) is 0 Å². The molecule has 2 N–H and O–H groups in total. The van der Waals surface area contributed by atoms with E-state index in [1.807, 2.05) is 18.2 Å². The summed E-state index contributed by atoms with van der Waals surface area (Å²) in [6, 6.07) is 14.4. The SMILES string of the molecule is Cc1ccc(CCN)c(-c2ccccc2Cl)c1.Cl. The van der Waals surface area contributed by atoms with Crippen LogP contribution in [0.2, 0.25) is 5.02 Å². The molecule has 3 heteroatoms. The summed E-state index contributed by atoms with van der Waals surface area (Å²) in [5.41, 5.74) is 10.4. The van der Waals surface area contributed by atoms with Gasteiger partial charge in [0.25, 0.3) is 0 Å². The number of benzene rings is 2. The van der Waals surface area contributed by atoms with Crippen LogP contribution in [0.5, 0.6) is 0 Å². The molecule has 0 amide bonds. The summed E-state index contributed by atoms with van der Waals surface area (Å²) in [5, 5.41) is 0.788. The van der Waals surface area contributed by atoms with Gasteiger partial charge in [-0.2, -0.15) is 0 Å². The first kappa shape index (κ1) is 15.0. The number of halogens is 2. The number of rotatable bonds is 3. The third-order valence-corrected chi connectivity index (χ3v) is 3.17. The van der Waals surface area contributed by atoms with E-state index >= 15 is 0 Å². The van der Waals surface area contributed by atoms with Crippen molar-refractivity contribution in [3.63, 3.8) is 0 Å². The van der Waals surface area contributed by atoms with Gasteiger partial charge in [0.15, 0.2) is 0 Å². The fraction of sp³-hybridized carbons (Fsp3) is 0.200. The van der Waals surface area contributed by atoms with Crippen molar-refractivity contribution in [2.75, 3.05) is 6.54 Å².